The molecule has 106 valence electrons. The fraction of sp³-hybridized carbons (Fsp3) is 0.625. The summed E-state index contributed by atoms with van der Waals surface area (Å²) in [6, 6.07) is 4.56. The zero-order valence-corrected chi connectivity index (χ0v) is 12.0. The van der Waals surface area contributed by atoms with E-state index in [1.54, 1.807) is 0 Å². The van der Waals surface area contributed by atoms with Crippen LogP contribution in [0.25, 0.3) is 0 Å². The van der Waals surface area contributed by atoms with Crippen LogP contribution in [0.1, 0.15) is 51.6 Å². The highest BCUT2D eigenvalue weighted by molar-refractivity contribution is 5.34. The van der Waals surface area contributed by atoms with Gasteiger partial charge in [-0.1, -0.05) is 13.8 Å². The third-order valence-electron chi connectivity index (χ3n) is 4.12. The van der Waals surface area contributed by atoms with Gasteiger partial charge < -0.3 is 10.4 Å². The molecule has 0 spiro atoms. The Hall–Kier alpha value is -1.09. The van der Waals surface area contributed by atoms with Gasteiger partial charge in [-0.2, -0.15) is 0 Å². The zero-order chi connectivity index (χ0) is 14.0. The van der Waals surface area contributed by atoms with Crippen LogP contribution in [0.4, 0.5) is 4.39 Å². The van der Waals surface area contributed by atoms with E-state index in [1.165, 1.54) is 24.6 Å². The maximum Gasteiger partial charge on any atom is 0.123 e. The molecule has 0 amide bonds. The van der Waals surface area contributed by atoms with Crippen LogP contribution < -0.4 is 5.32 Å². The summed E-state index contributed by atoms with van der Waals surface area (Å²) in [5.41, 5.74) is 0.644. The van der Waals surface area contributed by atoms with Crippen molar-refractivity contribution < 1.29 is 9.50 Å². The molecule has 0 aromatic heterocycles. The van der Waals surface area contributed by atoms with E-state index in [-0.39, 0.29) is 17.6 Å². The summed E-state index contributed by atoms with van der Waals surface area (Å²) >= 11 is 0. The second kappa shape index (κ2) is 5.91. The molecule has 1 aliphatic rings. The maximum absolute atomic E-state index is 13.3. The van der Waals surface area contributed by atoms with Gasteiger partial charge in [-0.25, -0.2) is 4.39 Å². The van der Waals surface area contributed by atoms with Gasteiger partial charge in [-0.3, -0.25) is 0 Å². The summed E-state index contributed by atoms with van der Waals surface area (Å²) in [6.07, 6.45) is 3.60. The average molecular weight is 265 g/mol. The first kappa shape index (κ1) is 14.3. The van der Waals surface area contributed by atoms with Crippen LogP contribution in [0.5, 0.6) is 5.75 Å². The number of benzene rings is 1. The van der Waals surface area contributed by atoms with E-state index in [1.807, 2.05) is 6.92 Å². The summed E-state index contributed by atoms with van der Waals surface area (Å²) in [5.74, 6) is 1.33. The highest BCUT2D eigenvalue weighted by Gasteiger charge is 2.25. The van der Waals surface area contributed by atoms with Crippen molar-refractivity contribution in [2.75, 3.05) is 0 Å². The number of aromatic hydroxyl groups is 1. The molecule has 3 atom stereocenters. The Bertz CT molecular complexity index is 425. The second-order valence-corrected chi connectivity index (χ2v) is 6.21. The molecule has 19 heavy (non-hydrogen) atoms. The molecule has 2 nitrogen and oxygen atoms in total. The minimum atomic E-state index is -0.299. The minimum absolute atomic E-state index is 0.0294. The van der Waals surface area contributed by atoms with Crippen molar-refractivity contribution in [3.63, 3.8) is 0 Å². The maximum atomic E-state index is 13.3. The highest BCUT2D eigenvalue weighted by Crippen LogP contribution is 2.31. The predicted octanol–water partition coefficient (Wildman–Crippen LogP) is 4.01. The van der Waals surface area contributed by atoms with Gasteiger partial charge in [0.25, 0.3) is 0 Å². The lowest BCUT2D eigenvalue weighted by molar-refractivity contribution is 0.227. The summed E-state index contributed by atoms with van der Waals surface area (Å²) in [6.45, 7) is 6.56. The molecule has 1 fully saturated rings. The molecule has 1 saturated carbocycles. The number of nitrogens with one attached hydrogen (secondary N) is 1. The lowest BCUT2D eigenvalue weighted by Crippen LogP contribution is -2.37. The zero-order valence-electron chi connectivity index (χ0n) is 12.0. The second-order valence-electron chi connectivity index (χ2n) is 6.21. The van der Waals surface area contributed by atoms with Crippen LogP contribution in [-0.4, -0.2) is 11.1 Å². The number of rotatable bonds is 3. The Morgan fingerprint density at radius 2 is 1.84 bits per heavy atom. The first-order valence-electron chi connectivity index (χ1n) is 7.20. The minimum Gasteiger partial charge on any atom is -0.508 e. The SMILES string of the molecule is CC1CC(C)CC(NC(C)c2cc(F)ccc2O)C1. The number of halogens is 1. The molecule has 3 heteroatoms. The van der Waals surface area contributed by atoms with Gasteiger partial charge in [0.1, 0.15) is 11.6 Å². The van der Waals surface area contributed by atoms with Crippen molar-refractivity contribution in [2.24, 2.45) is 11.8 Å². The van der Waals surface area contributed by atoms with Crippen LogP contribution >= 0.6 is 0 Å². The molecule has 0 aliphatic heterocycles. The molecule has 0 saturated heterocycles. The first-order valence-corrected chi connectivity index (χ1v) is 7.20. The lowest BCUT2D eigenvalue weighted by atomic mass is 9.80. The van der Waals surface area contributed by atoms with E-state index in [2.05, 4.69) is 19.2 Å². The Labute approximate surface area is 115 Å². The molecule has 1 aromatic carbocycles. The molecule has 1 aliphatic carbocycles. The van der Waals surface area contributed by atoms with Crippen LogP contribution in [0.2, 0.25) is 0 Å². The summed E-state index contributed by atoms with van der Waals surface area (Å²) in [7, 11) is 0. The van der Waals surface area contributed by atoms with Crippen molar-refractivity contribution >= 4 is 0 Å². The standard InChI is InChI=1S/C16H24FNO/c1-10-6-11(2)8-14(7-10)18-12(3)15-9-13(17)4-5-16(15)19/h4-5,9-12,14,18-19H,6-8H2,1-3H3. The van der Waals surface area contributed by atoms with Gasteiger partial charge >= 0.3 is 0 Å². The van der Waals surface area contributed by atoms with Crippen LogP contribution in [0.15, 0.2) is 18.2 Å². The third kappa shape index (κ3) is 3.69. The van der Waals surface area contributed by atoms with E-state index >= 15 is 0 Å². The largest absolute Gasteiger partial charge is 0.508 e. The number of hydrogen-bond acceptors (Lipinski definition) is 2. The average Bonchev–Trinajstić information content (AvgIpc) is 2.30. The first-order chi connectivity index (χ1) is 8.95. The molecule has 2 rings (SSSR count). The highest BCUT2D eigenvalue weighted by atomic mass is 19.1. The molecule has 3 unspecified atom stereocenters. The Morgan fingerprint density at radius 1 is 1.21 bits per heavy atom. The van der Waals surface area contributed by atoms with E-state index in [0.717, 1.165) is 24.7 Å². The Kier molecular flexibility index (Phi) is 4.46. The number of phenols is 1. The molecule has 0 heterocycles. The quantitative estimate of drug-likeness (QED) is 0.865. The number of hydrogen-bond donors (Lipinski definition) is 2. The van der Waals surface area contributed by atoms with Gasteiger partial charge in [-0.05, 0) is 56.2 Å². The van der Waals surface area contributed by atoms with Crippen molar-refractivity contribution in [1.82, 2.24) is 5.32 Å². The van der Waals surface area contributed by atoms with E-state index in [9.17, 15) is 9.50 Å². The molecule has 0 bridgehead atoms. The van der Waals surface area contributed by atoms with Crippen LogP contribution in [0, 0.1) is 17.7 Å². The van der Waals surface area contributed by atoms with Gasteiger partial charge in [0.05, 0.1) is 0 Å². The molecular formula is C16H24FNO. The predicted molar refractivity (Wildman–Crippen MR) is 75.6 cm³/mol. The fourth-order valence-corrected chi connectivity index (χ4v) is 3.40. The van der Waals surface area contributed by atoms with Crippen molar-refractivity contribution in [3.8, 4) is 5.75 Å². The molecule has 0 radical (unpaired) electrons. The lowest BCUT2D eigenvalue weighted by Gasteiger charge is -2.34. The van der Waals surface area contributed by atoms with Gasteiger partial charge in [0.2, 0.25) is 0 Å². The number of phenolic OH excluding ortho intramolecular Hbond substituents is 1. The van der Waals surface area contributed by atoms with E-state index in [4.69, 9.17) is 0 Å². The Balaban J connectivity index is 2.04. The Morgan fingerprint density at radius 3 is 2.47 bits per heavy atom. The fourth-order valence-electron chi connectivity index (χ4n) is 3.40. The normalized spacial score (nSPS) is 29.2. The summed E-state index contributed by atoms with van der Waals surface area (Å²) in [4.78, 5) is 0. The summed E-state index contributed by atoms with van der Waals surface area (Å²) in [5, 5.41) is 13.4. The van der Waals surface area contributed by atoms with Gasteiger partial charge in [-0.15, -0.1) is 0 Å². The van der Waals surface area contributed by atoms with Crippen molar-refractivity contribution in [1.29, 1.82) is 0 Å². The molecule has 2 N–H and O–H groups in total. The van der Waals surface area contributed by atoms with Crippen molar-refractivity contribution in [2.45, 2.75) is 52.1 Å². The monoisotopic (exact) mass is 265 g/mol. The van der Waals surface area contributed by atoms with E-state index in [0.29, 0.717) is 11.6 Å². The van der Waals surface area contributed by atoms with Crippen molar-refractivity contribution in [3.05, 3.63) is 29.6 Å². The van der Waals surface area contributed by atoms with E-state index < -0.39 is 0 Å². The van der Waals surface area contributed by atoms with Gasteiger partial charge in [0, 0.05) is 17.6 Å². The topological polar surface area (TPSA) is 32.3 Å². The third-order valence-corrected chi connectivity index (χ3v) is 4.12. The molecule has 1 aromatic rings. The van der Waals surface area contributed by atoms with Crippen LogP contribution in [0.3, 0.4) is 0 Å². The molecular weight excluding hydrogens is 241 g/mol. The van der Waals surface area contributed by atoms with Crippen LogP contribution in [-0.2, 0) is 0 Å². The summed E-state index contributed by atoms with van der Waals surface area (Å²) < 4.78 is 13.3. The smallest absolute Gasteiger partial charge is 0.123 e. The van der Waals surface area contributed by atoms with Gasteiger partial charge in [0.15, 0.2) is 0 Å².